The van der Waals surface area contributed by atoms with Gasteiger partial charge in [-0.05, 0) is 24.3 Å². The van der Waals surface area contributed by atoms with Crippen molar-refractivity contribution in [3.63, 3.8) is 0 Å². The molecular formula is C18H14N2O4. The minimum absolute atomic E-state index is 0.116. The van der Waals surface area contributed by atoms with Crippen LogP contribution < -0.4 is 9.47 Å². The topological polar surface area (TPSA) is 92.3 Å². The molecule has 0 aliphatic rings. The minimum Gasteiger partial charge on any atom is -0.496 e. The van der Waals surface area contributed by atoms with Crippen molar-refractivity contribution in [2.75, 3.05) is 14.2 Å². The summed E-state index contributed by atoms with van der Waals surface area (Å²) >= 11 is 0. The molecule has 0 amide bonds. The zero-order chi connectivity index (χ0) is 17.6. The predicted octanol–water partition coefficient (Wildman–Crippen LogP) is 2.80. The zero-order valence-electron chi connectivity index (χ0n) is 13.1. The predicted molar refractivity (Wildman–Crippen MR) is 84.3 cm³/mol. The highest BCUT2D eigenvalue weighted by Gasteiger charge is 2.40. The molecule has 6 nitrogen and oxygen atoms in total. The van der Waals surface area contributed by atoms with E-state index < -0.39 is 11.6 Å². The smallest absolute Gasteiger partial charge is 0.344 e. The van der Waals surface area contributed by atoms with E-state index >= 15 is 0 Å². The van der Waals surface area contributed by atoms with Crippen molar-refractivity contribution in [1.29, 1.82) is 10.5 Å². The molecule has 0 aromatic heterocycles. The quantitative estimate of drug-likeness (QED) is 0.786. The molecule has 0 aliphatic heterocycles. The number of ether oxygens (including phenoxy) is 3. The van der Waals surface area contributed by atoms with Crippen molar-refractivity contribution >= 4 is 5.97 Å². The van der Waals surface area contributed by atoms with Crippen LogP contribution in [-0.4, -0.2) is 20.2 Å². The molecule has 0 saturated heterocycles. The first-order valence-electron chi connectivity index (χ1n) is 6.94. The van der Waals surface area contributed by atoms with E-state index in [2.05, 4.69) is 0 Å². The lowest BCUT2D eigenvalue weighted by Crippen LogP contribution is -2.30. The van der Waals surface area contributed by atoms with E-state index in [0.29, 0.717) is 0 Å². The van der Waals surface area contributed by atoms with Crippen LogP contribution in [0.1, 0.15) is 15.9 Å². The largest absolute Gasteiger partial charge is 0.496 e. The summed E-state index contributed by atoms with van der Waals surface area (Å²) < 4.78 is 15.5. The van der Waals surface area contributed by atoms with Crippen LogP contribution in [0.4, 0.5) is 0 Å². The first kappa shape index (κ1) is 16.9. The van der Waals surface area contributed by atoms with Gasteiger partial charge >= 0.3 is 11.6 Å². The molecule has 24 heavy (non-hydrogen) atoms. The van der Waals surface area contributed by atoms with E-state index in [9.17, 15) is 15.3 Å². The van der Waals surface area contributed by atoms with Gasteiger partial charge in [0.2, 0.25) is 0 Å². The summed E-state index contributed by atoms with van der Waals surface area (Å²) in [5.41, 5.74) is -1.87. The Labute approximate surface area is 139 Å². The van der Waals surface area contributed by atoms with Gasteiger partial charge < -0.3 is 14.2 Å². The highest BCUT2D eigenvalue weighted by Crippen LogP contribution is 2.34. The van der Waals surface area contributed by atoms with Gasteiger partial charge in [-0.3, -0.25) is 0 Å². The lowest BCUT2D eigenvalue weighted by molar-refractivity contribution is 0.0229. The van der Waals surface area contributed by atoms with Gasteiger partial charge in [-0.1, -0.05) is 24.3 Å². The first-order chi connectivity index (χ1) is 11.6. The fourth-order valence-electron chi connectivity index (χ4n) is 2.19. The Morgan fingerprint density at radius 2 is 1.46 bits per heavy atom. The number of methoxy groups -OCH3 is 2. The summed E-state index contributed by atoms with van der Waals surface area (Å²) in [6.45, 7) is 0. The Morgan fingerprint density at radius 3 is 2.04 bits per heavy atom. The number of para-hydroxylation sites is 2. The molecule has 0 heterocycles. The van der Waals surface area contributed by atoms with Crippen LogP contribution in [0.2, 0.25) is 0 Å². The van der Waals surface area contributed by atoms with Crippen molar-refractivity contribution in [1.82, 2.24) is 0 Å². The number of hydrogen-bond acceptors (Lipinski definition) is 6. The Bertz CT molecular complexity index is 819. The van der Waals surface area contributed by atoms with Crippen LogP contribution in [0.5, 0.6) is 11.5 Å². The van der Waals surface area contributed by atoms with Crippen LogP contribution in [0, 0.1) is 22.7 Å². The molecule has 0 atom stereocenters. The molecule has 0 fully saturated rings. The van der Waals surface area contributed by atoms with Gasteiger partial charge in [0.25, 0.3) is 0 Å². The number of nitrogens with zero attached hydrogens (tertiary/aromatic N) is 2. The van der Waals surface area contributed by atoms with E-state index in [1.165, 1.54) is 26.4 Å². The molecular weight excluding hydrogens is 308 g/mol. The minimum atomic E-state index is -2.13. The molecule has 6 heteroatoms. The van der Waals surface area contributed by atoms with Crippen LogP contribution >= 0.6 is 0 Å². The van der Waals surface area contributed by atoms with Crippen molar-refractivity contribution in [2.24, 2.45) is 0 Å². The summed E-state index contributed by atoms with van der Waals surface area (Å²) in [5.74, 6) is -0.290. The molecule has 120 valence electrons. The molecule has 0 saturated carbocycles. The van der Waals surface area contributed by atoms with Crippen molar-refractivity contribution < 1.29 is 19.0 Å². The van der Waals surface area contributed by atoms with Gasteiger partial charge in [0.15, 0.2) is 0 Å². The van der Waals surface area contributed by atoms with Gasteiger partial charge in [-0.25, -0.2) is 4.79 Å². The summed E-state index contributed by atoms with van der Waals surface area (Å²) in [7, 11) is 2.81. The van der Waals surface area contributed by atoms with E-state index in [1.54, 1.807) is 48.5 Å². The SMILES string of the molecule is COc1ccccc1C(=O)OC(C#N)(C#N)c1ccccc1OC. The second kappa shape index (κ2) is 7.17. The van der Waals surface area contributed by atoms with Crippen molar-refractivity contribution in [2.45, 2.75) is 5.60 Å². The summed E-state index contributed by atoms with van der Waals surface area (Å²) in [6.07, 6.45) is 0. The Balaban J connectivity index is 2.48. The maximum absolute atomic E-state index is 12.5. The van der Waals surface area contributed by atoms with E-state index in [0.717, 1.165) is 0 Å². The second-order valence-electron chi connectivity index (χ2n) is 4.69. The second-order valence-corrected chi connectivity index (χ2v) is 4.69. The van der Waals surface area contributed by atoms with E-state index in [1.807, 2.05) is 0 Å². The molecule has 0 spiro atoms. The lowest BCUT2D eigenvalue weighted by Gasteiger charge is -2.22. The van der Waals surface area contributed by atoms with Crippen molar-refractivity contribution in [3.05, 3.63) is 59.7 Å². The first-order valence-corrected chi connectivity index (χ1v) is 6.94. The standard InChI is InChI=1S/C18H14N2O4/c1-22-15-9-5-3-7-13(15)17(21)24-18(11-19,12-20)14-8-4-6-10-16(14)23-2/h3-10H,1-2H3. The van der Waals surface area contributed by atoms with Crippen LogP contribution in [0.3, 0.4) is 0 Å². The molecule has 0 radical (unpaired) electrons. The van der Waals surface area contributed by atoms with Gasteiger partial charge in [-0.2, -0.15) is 10.5 Å². The fraction of sp³-hybridized carbons (Fsp3) is 0.167. The highest BCUT2D eigenvalue weighted by atomic mass is 16.6. The summed E-state index contributed by atoms with van der Waals surface area (Å²) in [4.78, 5) is 12.5. The van der Waals surface area contributed by atoms with Crippen LogP contribution in [0.25, 0.3) is 0 Å². The maximum Gasteiger partial charge on any atom is 0.344 e. The fourth-order valence-corrected chi connectivity index (χ4v) is 2.19. The molecule has 0 N–H and O–H groups in total. The number of carbonyl (C=O) groups excluding carboxylic acids is 1. The van der Waals surface area contributed by atoms with Gasteiger partial charge in [-0.15, -0.1) is 0 Å². The Morgan fingerprint density at radius 1 is 0.917 bits per heavy atom. The average Bonchev–Trinajstić information content (AvgIpc) is 2.66. The van der Waals surface area contributed by atoms with Gasteiger partial charge in [0.1, 0.15) is 29.2 Å². The summed E-state index contributed by atoms with van der Waals surface area (Å²) in [5, 5.41) is 19.1. The van der Waals surface area contributed by atoms with Crippen LogP contribution in [-0.2, 0) is 10.3 Å². The molecule has 2 aromatic carbocycles. The maximum atomic E-state index is 12.5. The number of carbonyl (C=O) groups is 1. The van der Waals surface area contributed by atoms with E-state index in [4.69, 9.17) is 14.2 Å². The molecule has 0 unspecified atom stereocenters. The van der Waals surface area contributed by atoms with Crippen LogP contribution in [0.15, 0.2) is 48.5 Å². The molecule has 0 aliphatic carbocycles. The Kier molecular flexibility index (Phi) is 5.03. The third-order valence-corrected chi connectivity index (χ3v) is 3.37. The average molecular weight is 322 g/mol. The third kappa shape index (κ3) is 2.99. The third-order valence-electron chi connectivity index (χ3n) is 3.37. The number of esters is 1. The Hall–Kier alpha value is -3.51. The number of hydrogen-bond donors (Lipinski definition) is 0. The number of benzene rings is 2. The normalized spacial score (nSPS) is 10.2. The van der Waals surface area contributed by atoms with Gasteiger partial charge in [0.05, 0.1) is 19.8 Å². The number of nitriles is 2. The number of rotatable bonds is 5. The van der Waals surface area contributed by atoms with Crippen molar-refractivity contribution in [3.8, 4) is 23.6 Å². The molecule has 2 rings (SSSR count). The summed E-state index contributed by atoms with van der Waals surface area (Å²) in [6, 6.07) is 16.3. The zero-order valence-corrected chi connectivity index (χ0v) is 13.1. The monoisotopic (exact) mass is 322 g/mol. The van der Waals surface area contributed by atoms with Gasteiger partial charge in [0, 0.05) is 0 Å². The molecule has 0 bridgehead atoms. The lowest BCUT2D eigenvalue weighted by atomic mass is 9.95. The van der Waals surface area contributed by atoms with E-state index in [-0.39, 0.29) is 22.6 Å². The molecule has 2 aromatic rings. The highest BCUT2D eigenvalue weighted by molar-refractivity contribution is 5.93.